The van der Waals surface area contributed by atoms with Crippen molar-refractivity contribution in [3.8, 4) is 34.0 Å². The van der Waals surface area contributed by atoms with Gasteiger partial charge < -0.3 is 9.84 Å². The van der Waals surface area contributed by atoms with Crippen LogP contribution in [0.1, 0.15) is 0 Å². The summed E-state index contributed by atoms with van der Waals surface area (Å²) in [6.45, 7) is 0. The molecular formula is C45H26Cl4N4O2. The van der Waals surface area contributed by atoms with Gasteiger partial charge in [-0.2, -0.15) is 0 Å². The zero-order valence-electron chi connectivity index (χ0n) is 28.9. The lowest BCUT2D eigenvalue weighted by molar-refractivity contribution is 0.416. The Balaban J connectivity index is 0.000000144. The summed E-state index contributed by atoms with van der Waals surface area (Å²) >= 11 is 25.4. The Kier molecular flexibility index (Phi) is 8.99. The largest absolute Gasteiger partial charge is 0.507 e. The van der Waals surface area contributed by atoms with Crippen molar-refractivity contribution in [3.05, 3.63) is 154 Å². The molecular weight excluding hydrogens is 770 g/mol. The molecule has 2 aromatic heterocycles. The van der Waals surface area contributed by atoms with Crippen LogP contribution in [0.2, 0.25) is 20.4 Å². The standard InChI is InChI=1S/C23H14Cl2N2O.C22H12Cl2N2O/c1-28-19-11-10-13(24)12-18(19)22-23(25)27-21-17-9-5-3-7-15(17)14-6-2-4-8-16(14)20(21)26-22;23-12-9-10-18(27)17(11-12)21-22(24)26-20-16-8-4-2-6-14(16)13-5-1-3-7-15(13)19(20)25-21/h2-12H,1H3;1-11,27H. The average Bonchev–Trinajstić information content (AvgIpc) is 3.22. The van der Waals surface area contributed by atoms with E-state index in [9.17, 15) is 5.11 Å². The quantitative estimate of drug-likeness (QED) is 0.179. The van der Waals surface area contributed by atoms with Gasteiger partial charge in [0, 0.05) is 42.7 Å². The van der Waals surface area contributed by atoms with Gasteiger partial charge >= 0.3 is 0 Å². The third-order valence-electron chi connectivity index (χ3n) is 9.65. The van der Waals surface area contributed by atoms with Crippen molar-refractivity contribution in [1.82, 2.24) is 19.9 Å². The number of benzene rings is 8. The van der Waals surface area contributed by atoms with Gasteiger partial charge in [0.05, 0.1) is 29.2 Å². The van der Waals surface area contributed by atoms with Crippen molar-refractivity contribution in [2.45, 2.75) is 0 Å². The Hall–Kier alpha value is -5.76. The molecule has 55 heavy (non-hydrogen) atoms. The maximum atomic E-state index is 10.3. The van der Waals surface area contributed by atoms with Crippen molar-refractivity contribution >= 4 is 112 Å². The molecule has 0 aliphatic heterocycles. The van der Waals surface area contributed by atoms with E-state index in [-0.39, 0.29) is 10.9 Å². The van der Waals surface area contributed by atoms with Gasteiger partial charge in [-0.1, -0.05) is 143 Å². The van der Waals surface area contributed by atoms with Gasteiger partial charge in [0.2, 0.25) is 0 Å². The summed E-state index contributed by atoms with van der Waals surface area (Å²) in [5.74, 6) is 0.699. The molecule has 266 valence electrons. The van der Waals surface area contributed by atoms with Crippen LogP contribution >= 0.6 is 46.4 Å². The zero-order valence-corrected chi connectivity index (χ0v) is 31.9. The van der Waals surface area contributed by atoms with Gasteiger partial charge in [-0.15, -0.1) is 0 Å². The summed E-state index contributed by atoms with van der Waals surface area (Å²) in [4.78, 5) is 19.1. The fraction of sp³-hybridized carbons (Fsp3) is 0.0222. The smallest absolute Gasteiger partial charge is 0.156 e. The van der Waals surface area contributed by atoms with Gasteiger partial charge in [-0.3, -0.25) is 0 Å². The number of fused-ring (bicyclic) bond motifs is 12. The first-order chi connectivity index (χ1) is 26.8. The molecule has 0 fully saturated rings. The van der Waals surface area contributed by atoms with E-state index in [1.807, 2.05) is 60.7 Å². The Morgan fingerprint density at radius 1 is 0.418 bits per heavy atom. The second-order valence-electron chi connectivity index (χ2n) is 12.8. The topological polar surface area (TPSA) is 81.0 Å². The first kappa shape index (κ1) is 35.0. The molecule has 2 heterocycles. The van der Waals surface area contributed by atoms with Crippen LogP contribution < -0.4 is 4.74 Å². The van der Waals surface area contributed by atoms with Crippen LogP contribution in [0.3, 0.4) is 0 Å². The molecule has 0 aliphatic carbocycles. The van der Waals surface area contributed by atoms with E-state index < -0.39 is 0 Å². The van der Waals surface area contributed by atoms with Crippen LogP contribution in [0.25, 0.3) is 87.7 Å². The molecule has 1 N–H and O–H groups in total. The molecule has 10 rings (SSSR count). The van der Waals surface area contributed by atoms with Crippen LogP contribution in [-0.2, 0) is 0 Å². The summed E-state index contributed by atoms with van der Waals surface area (Å²) < 4.78 is 5.49. The summed E-state index contributed by atoms with van der Waals surface area (Å²) in [5.41, 5.74) is 5.19. The van der Waals surface area contributed by atoms with Crippen LogP contribution in [0.15, 0.2) is 133 Å². The first-order valence-electron chi connectivity index (χ1n) is 17.2. The highest BCUT2D eigenvalue weighted by molar-refractivity contribution is 6.35. The summed E-state index contributed by atoms with van der Waals surface area (Å²) in [7, 11) is 1.61. The number of ether oxygens (including phenoxy) is 1. The number of aromatic nitrogens is 4. The van der Waals surface area contributed by atoms with E-state index in [1.54, 1.807) is 37.4 Å². The van der Waals surface area contributed by atoms with Crippen molar-refractivity contribution in [1.29, 1.82) is 0 Å². The maximum Gasteiger partial charge on any atom is 0.156 e. The number of nitrogens with zero attached hydrogens (tertiary/aromatic N) is 4. The highest BCUT2D eigenvalue weighted by Crippen LogP contribution is 2.41. The van der Waals surface area contributed by atoms with Gasteiger partial charge in [0.25, 0.3) is 0 Å². The fourth-order valence-corrected chi connectivity index (χ4v) is 7.99. The lowest BCUT2D eigenvalue weighted by Crippen LogP contribution is -1.96. The molecule has 0 amide bonds. The van der Waals surface area contributed by atoms with E-state index in [2.05, 4.69) is 41.4 Å². The monoisotopic (exact) mass is 794 g/mol. The highest BCUT2D eigenvalue weighted by Gasteiger charge is 2.19. The van der Waals surface area contributed by atoms with Crippen LogP contribution in [-0.4, -0.2) is 32.2 Å². The molecule has 8 aromatic carbocycles. The molecule has 0 saturated carbocycles. The van der Waals surface area contributed by atoms with Crippen LogP contribution in [0.4, 0.5) is 0 Å². The highest BCUT2D eigenvalue weighted by atomic mass is 35.5. The number of rotatable bonds is 3. The fourth-order valence-electron chi connectivity index (χ4n) is 7.18. The van der Waals surface area contributed by atoms with Crippen LogP contribution in [0, 0.1) is 0 Å². The maximum absolute atomic E-state index is 10.3. The molecule has 0 spiro atoms. The zero-order chi connectivity index (χ0) is 37.8. The van der Waals surface area contributed by atoms with Gasteiger partial charge in [0.15, 0.2) is 10.3 Å². The molecule has 6 nitrogen and oxygen atoms in total. The SMILES string of the molecule is COc1ccc(Cl)cc1-c1nc2c3ccccc3c3ccccc3c2nc1Cl.Oc1ccc(Cl)cc1-c1nc2c3ccccc3c3ccccc3c2nc1Cl. The van der Waals surface area contributed by atoms with Crippen molar-refractivity contribution in [2.75, 3.05) is 7.11 Å². The lowest BCUT2D eigenvalue weighted by atomic mass is 9.99. The second-order valence-corrected chi connectivity index (χ2v) is 14.4. The number of methoxy groups -OCH3 is 1. The molecule has 0 aliphatic rings. The molecule has 0 saturated heterocycles. The Labute approximate surface area is 334 Å². The van der Waals surface area contributed by atoms with Gasteiger partial charge in [-0.05, 0) is 57.9 Å². The van der Waals surface area contributed by atoms with Crippen molar-refractivity contribution in [2.24, 2.45) is 0 Å². The molecule has 10 aromatic rings. The normalized spacial score (nSPS) is 11.4. The van der Waals surface area contributed by atoms with Gasteiger partial charge in [0.1, 0.15) is 22.9 Å². The molecule has 0 unspecified atom stereocenters. The third-order valence-corrected chi connectivity index (χ3v) is 10.6. The molecule has 0 bridgehead atoms. The number of hydrogen-bond acceptors (Lipinski definition) is 6. The molecule has 10 heteroatoms. The predicted octanol–water partition coefficient (Wildman–Crippen LogP) is 13.5. The molecule has 0 atom stereocenters. The minimum absolute atomic E-state index is 0.0556. The summed E-state index contributed by atoms with van der Waals surface area (Å²) in [6, 6.07) is 42.7. The number of hydrogen-bond donors (Lipinski definition) is 1. The van der Waals surface area contributed by atoms with Crippen LogP contribution in [0.5, 0.6) is 11.5 Å². The van der Waals surface area contributed by atoms with E-state index in [0.717, 1.165) is 65.2 Å². The minimum atomic E-state index is 0.0556. The van der Waals surface area contributed by atoms with E-state index in [1.165, 1.54) is 6.07 Å². The third kappa shape index (κ3) is 6.08. The lowest BCUT2D eigenvalue weighted by Gasteiger charge is -2.13. The second kappa shape index (κ2) is 14.1. The Bertz CT molecular complexity index is 3170. The summed E-state index contributed by atoms with van der Waals surface area (Å²) in [5, 5.41) is 20.4. The minimum Gasteiger partial charge on any atom is -0.507 e. The van der Waals surface area contributed by atoms with Crippen molar-refractivity contribution in [3.63, 3.8) is 0 Å². The number of halogens is 4. The van der Waals surface area contributed by atoms with E-state index in [0.29, 0.717) is 43.5 Å². The van der Waals surface area contributed by atoms with E-state index >= 15 is 0 Å². The average molecular weight is 797 g/mol. The predicted molar refractivity (Wildman–Crippen MR) is 228 cm³/mol. The molecule has 0 radical (unpaired) electrons. The number of phenolic OH excluding ortho intramolecular Hbond substituents is 1. The van der Waals surface area contributed by atoms with Crippen molar-refractivity contribution < 1.29 is 9.84 Å². The number of aromatic hydroxyl groups is 1. The van der Waals surface area contributed by atoms with E-state index in [4.69, 9.17) is 66.1 Å². The summed E-state index contributed by atoms with van der Waals surface area (Å²) in [6.07, 6.45) is 0. The number of phenols is 1. The Morgan fingerprint density at radius 3 is 1.18 bits per heavy atom. The Morgan fingerprint density at radius 2 is 0.764 bits per heavy atom. The first-order valence-corrected chi connectivity index (χ1v) is 18.7. The van der Waals surface area contributed by atoms with Gasteiger partial charge in [-0.25, -0.2) is 19.9 Å².